The van der Waals surface area contributed by atoms with E-state index in [2.05, 4.69) is 39.3 Å². The molecule has 218 valence electrons. The molecule has 15 heteroatoms. The van der Waals surface area contributed by atoms with Crippen LogP contribution in [0.1, 0.15) is 64.7 Å². The Bertz CT molecular complexity index is 689. The molecule has 0 saturated heterocycles. The predicted molar refractivity (Wildman–Crippen MR) is 137 cm³/mol. The van der Waals surface area contributed by atoms with Crippen molar-refractivity contribution in [2.45, 2.75) is 64.7 Å². The molecule has 0 heterocycles. The molecule has 0 aliphatic rings. The largest absolute Gasteiger partial charge is 0.483 e. The van der Waals surface area contributed by atoms with Crippen LogP contribution in [0.2, 0.25) is 0 Å². The fourth-order valence-corrected chi connectivity index (χ4v) is 2.99. The first kappa shape index (κ1) is 38.3. The van der Waals surface area contributed by atoms with Crippen molar-refractivity contribution in [3.63, 3.8) is 0 Å². The third-order valence-electron chi connectivity index (χ3n) is 4.83. The molecule has 39 heavy (non-hydrogen) atoms. The van der Waals surface area contributed by atoms with Gasteiger partial charge in [-0.2, -0.15) is 0 Å². The first-order valence-electron chi connectivity index (χ1n) is 12.8. The predicted octanol–water partition coefficient (Wildman–Crippen LogP) is 3.50. The van der Waals surface area contributed by atoms with Crippen LogP contribution in [0.15, 0.2) is 0 Å². The van der Waals surface area contributed by atoms with E-state index >= 15 is 0 Å². The second-order valence-corrected chi connectivity index (χ2v) is 7.90. The molecule has 0 bridgehead atoms. The quantitative estimate of drug-likeness (QED) is 0.0922. The van der Waals surface area contributed by atoms with E-state index in [9.17, 15) is 24.0 Å². The van der Waals surface area contributed by atoms with E-state index in [1.165, 1.54) is 0 Å². The molecule has 0 atom stereocenters. The molecule has 7 amide bonds. The summed E-state index contributed by atoms with van der Waals surface area (Å²) in [6, 6.07) is -1.49. The van der Waals surface area contributed by atoms with Gasteiger partial charge in [-0.05, 0) is 45.3 Å². The number of rotatable bonds is 18. The van der Waals surface area contributed by atoms with E-state index in [0.29, 0.717) is 51.9 Å². The summed E-state index contributed by atoms with van der Waals surface area (Å²) in [5.74, 6) is 0. The van der Waals surface area contributed by atoms with Gasteiger partial charge < -0.3 is 44.0 Å². The van der Waals surface area contributed by atoms with Gasteiger partial charge in [0.2, 0.25) is 0 Å². The van der Waals surface area contributed by atoms with E-state index in [1.54, 1.807) is 0 Å². The molecule has 4 N–H and O–H groups in total. The molecule has 0 spiro atoms. The fourth-order valence-electron chi connectivity index (χ4n) is 2.99. The maximum Gasteiger partial charge on any atom is 0.412 e. The molecule has 0 radical (unpaired) electrons. The molecule has 0 aliphatic carbocycles. The number of amides is 7. The maximum atomic E-state index is 12.6. The van der Waals surface area contributed by atoms with Crippen molar-refractivity contribution in [2.24, 2.45) is 0 Å². The zero-order valence-corrected chi connectivity index (χ0v) is 36.2. The van der Waals surface area contributed by atoms with Crippen LogP contribution in [0.5, 0.6) is 0 Å². The molecule has 0 saturated carbocycles. The summed E-state index contributed by atoms with van der Waals surface area (Å²) in [6.45, 7) is 10.4. The van der Waals surface area contributed by atoms with Gasteiger partial charge in [0.1, 0.15) is 0 Å². The normalized spacial score (nSPS) is 9.62. The van der Waals surface area contributed by atoms with Crippen molar-refractivity contribution < 1.29 is 38.2 Å². The van der Waals surface area contributed by atoms with E-state index in [1.807, 2.05) is 12.2 Å². The van der Waals surface area contributed by atoms with Gasteiger partial charge in [-0.25, -0.2) is 34.2 Å². The number of ether oxygens (including phenoxy) is 3. The first-order valence-corrected chi connectivity index (χ1v) is 12.8. The van der Waals surface area contributed by atoms with Gasteiger partial charge in [-0.1, -0.05) is 32.6 Å². The second kappa shape index (κ2) is 25.8. The molecular formula is C24H43N5O8Rf2-2. The van der Waals surface area contributed by atoms with Crippen LogP contribution < -0.4 is 21.3 Å². The van der Waals surface area contributed by atoms with Crippen LogP contribution in [-0.4, -0.2) is 81.2 Å². The Labute approximate surface area is 219 Å². The van der Waals surface area contributed by atoms with E-state index in [-0.39, 0.29) is 19.8 Å². The number of unbranched alkanes of at least 4 members (excludes halogenated alkanes) is 6. The van der Waals surface area contributed by atoms with Gasteiger partial charge in [-0.15, -0.1) is 0 Å². The smallest absolute Gasteiger partial charge is 0.412 e. The van der Waals surface area contributed by atoms with Crippen molar-refractivity contribution in [1.82, 2.24) is 26.2 Å². The molecule has 13 nitrogen and oxygen atoms in total. The summed E-state index contributed by atoms with van der Waals surface area (Å²) in [6.07, 6.45) is 4.68. The van der Waals surface area contributed by atoms with E-state index in [0.717, 1.165) is 37.0 Å². The summed E-state index contributed by atoms with van der Waals surface area (Å²) in [5, 5.41) is 9.96. The number of nitrogens with zero attached hydrogens (tertiary/aromatic N) is 1. The minimum atomic E-state index is -0.981. The molecule has 0 unspecified atom stereocenters. The van der Waals surface area contributed by atoms with E-state index in [4.69, 9.17) is 4.74 Å². The molecule has 0 aromatic carbocycles. The van der Waals surface area contributed by atoms with Crippen LogP contribution in [-0.2, 0) is 14.2 Å². The summed E-state index contributed by atoms with van der Waals surface area (Å²) >= 11 is 0. The Kier molecular flexibility index (Phi) is 25.4. The summed E-state index contributed by atoms with van der Waals surface area (Å²) < 4.78 is 14.2. The number of hydrogen-bond acceptors (Lipinski definition) is 8. The minimum Gasteiger partial charge on any atom is -0.483 e. The topological polar surface area (TPSA) is 164 Å². The van der Waals surface area contributed by atoms with Crippen molar-refractivity contribution in [1.29, 1.82) is 0 Å². The van der Waals surface area contributed by atoms with Gasteiger partial charge in [0, 0.05) is 26.2 Å². The van der Waals surface area contributed by atoms with Crippen LogP contribution in [0.3, 0.4) is 0 Å². The van der Waals surface area contributed by atoms with Crippen molar-refractivity contribution in [3.05, 3.63) is 13.8 Å². The fraction of sp³-hybridized carbons (Fsp3) is 0.708. The zero-order valence-electron chi connectivity index (χ0n) is 23.4. The number of imide groups is 2. The molecular weight excluding hydrogens is 1020 g/mol. The summed E-state index contributed by atoms with van der Waals surface area (Å²) in [5.41, 5.74) is 0. The van der Waals surface area contributed by atoms with Gasteiger partial charge in [-0.3, -0.25) is 0 Å². The Morgan fingerprint density at radius 2 is 1.08 bits per heavy atom. The van der Waals surface area contributed by atoms with Crippen molar-refractivity contribution in [2.75, 3.05) is 46.0 Å². The van der Waals surface area contributed by atoms with Crippen LogP contribution >= 0.6 is 0 Å². The Balaban J connectivity index is -0.00000648. The first-order chi connectivity index (χ1) is 17.8. The Morgan fingerprint density at radius 3 is 1.59 bits per heavy atom. The molecule has 0 fully saturated rings. The average molecular weight is 1060 g/mol. The standard InChI is InChI=1S/C24H43N5O8.2Rf/c1-4-19-37-23(33)27-17-12-8-7-11-15-25-20(30)29(21(31)28-24(34)36-6-3)18-14-10-9-13-16-26-22(32)35-5-2;;/h2-19H2,1H3,(H,25,30)(H,26,32)(H,27,33)(H,28,31,34);;/q-2;;. The maximum absolute atomic E-state index is 12.6. The minimum absolute atomic E-state index is 0. The molecule has 0 aromatic rings. The van der Waals surface area contributed by atoms with Gasteiger partial charge in [0.25, 0.3) is 0 Å². The number of urea groups is 2. The van der Waals surface area contributed by atoms with Gasteiger partial charge in [0.05, 0.1) is 6.61 Å². The number of nitrogens with one attached hydrogen (secondary N) is 4. The van der Waals surface area contributed by atoms with Gasteiger partial charge >= 0.3 is 30.3 Å². The van der Waals surface area contributed by atoms with E-state index < -0.39 is 30.3 Å². The number of hydrogen-bond donors (Lipinski definition) is 4. The summed E-state index contributed by atoms with van der Waals surface area (Å²) in [7, 11) is 0. The number of carbonyl (C=O) groups excluding carboxylic acids is 5. The third kappa shape index (κ3) is 21.7. The van der Waals surface area contributed by atoms with Crippen molar-refractivity contribution >= 4 is 30.3 Å². The Morgan fingerprint density at radius 1 is 0.615 bits per heavy atom. The SMILES string of the molecule is [CH2-]COC(=O)NCCCCCCN(C(=O)NCCCCCCNC(=O)OCCC)C(=O)NC(=O)OC[CH2-].[Rf].[Rf]. The summed E-state index contributed by atoms with van der Waals surface area (Å²) in [4.78, 5) is 60.1. The Hall–Kier alpha value is -5.25. The van der Waals surface area contributed by atoms with Crippen molar-refractivity contribution in [3.8, 4) is 0 Å². The second-order valence-electron chi connectivity index (χ2n) is 7.90. The van der Waals surface area contributed by atoms with Crippen LogP contribution in [0, 0.1) is 13.8 Å². The third-order valence-corrected chi connectivity index (χ3v) is 4.83. The van der Waals surface area contributed by atoms with Crippen LogP contribution in [0.25, 0.3) is 0 Å². The monoisotopic (exact) mass is 1060 g/mol. The van der Waals surface area contributed by atoms with Gasteiger partial charge in [0.15, 0.2) is 0 Å². The zero-order chi connectivity index (χ0) is 27.7. The number of carbonyl (C=O) groups is 5. The molecule has 0 rings (SSSR count). The molecule has 0 aliphatic heterocycles. The molecule has 0 aromatic heterocycles. The number of alkyl carbamates (subject to hydrolysis) is 3. The average Bonchev–Trinajstić information content (AvgIpc) is 2.85. The van der Waals surface area contributed by atoms with Crippen LogP contribution in [0.4, 0.5) is 24.0 Å².